The third kappa shape index (κ3) is 6.59. The number of nitrogens with zero attached hydrogens (tertiary/aromatic N) is 5. The van der Waals surface area contributed by atoms with Crippen molar-refractivity contribution in [2.24, 2.45) is 5.92 Å². The van der Waals surface area contributed by atoms with E-state index >= 15 is 0 Å². The van der Waals surface area contributed by atoms with Crippen molar-refractivity contribution in [2.75, 3.05) is 62.8 Å². The molecule has 3 aromatic rings. The average molecular weight is 535 g/mol. The zero-order chi connectivity index (χ0) is 27.4. The van der Waals surface area contributed by atoms with Gasteiger partial charge < -0.3 is 29.3 Å². The smallest absolute Gasteiger partial charge is 0.229 e. The summed E-state index contributed by atoms with van der Waals surface area (Å²) in [7, 11) is 1.72. The van der Waals surface area contributed by atoms with Crippen molar-refractivity contribution in [3.8, 4) is 17.0 Å². The molecule has 2 fully saturated rings. The Kier molecular flexibility index (Phi) is 8.79. The van der Waals surface area contributed by atoms with Crippen LogP contribution in [0, 0.1) is 5.92 Å². The zero-order valence-corrected chi connectivity index (χ0v) is 23.9. The molecule has 2 aromatic heterocycles. The first-order chi connectivity index (χ1) is 18.9. The van der Waals surface area contributed by atoms with Gasteiger partial charge in [0.15, 0.2) is 5.65 Å². The number of morpholine rings is 2. The lowest BCUT2D eigenvalue weighted by Crippen LogP contribution is -2.46. The number of methoxy groups -OCH3 is 1. The molecule has 0 aliphatic carbocycles. The molecule has 0 bridgehead atoms. The van der Waals surface area contributed by atoms with E-state index in [1.165, 1.54) is 0 Å². The van der Waals surface area contributed by atoms with Gasteiger partial charge in [-0.15, -0.1) is 0 Å². The molecule has 0 radical (unpaired) electrons. The summed E-state index contributed by atoms with van der Waals surface area (Å²) in [5.41, 5.74) is 3.75. The fraction of sp³-hybridized carbons (Fsp3) is 0.567. The van der Waals surface area contributed by atoms with Gasteiger partial charge in [-0.1, -0.05) is 13.8 Å². The normalized spacial score (nSPS) is 20.2. The minimum absolute atomic E-state index is 0.117. The highest BCUT2D eigenvalue weighted by Gasteiger charge is 2.26. The number of ether oxygens (including phenoxy) is 3. The van der Waals surface area contributed by atoms with E-state index in [0.717, 1.165) is 79.5 Å². The molecule has 5 rings (SSSR count). The van der Waals surface area contributed by atoms with Crippen molar-refractivity contribution < 1.29 is 14.2 Å². The highest BCUT2D eigenvalue weighted by Crippen LogP contribution is 2.31. The van der Waals surface area contributed by atoms with Crippen LogP contribution in [0.25, 0.3) is 22.3 Å². The molecule has 2 aliphatic heterocycles. The molecule has 2 aliphatic rings. The summed E-state index contributed by atoms with van der Waals surface area (Å²) in [4.78, 5) is 19.7. The zero-order valence-electron chi connectivity index (χ0n) is 23.9. The number of fused-ring (bicyclic) bond motifs is 1. The monoisotopic (exact) mass is 534 g/mol. The van der Waals surface area contributed by atoms with E-state index < -0.39 is 0 Å². The third-order valence-electron chi connectivity index (χ3n) is 7.33. The minimum atomic E-state index is 0.117. The van der Waals surface area contributed by atoms with E-state index in [4.69, 9.17) is 29.2 Å². The Morgan fingerprint density at radius 3 is 2.49 bits per heavy atom. The summed E-state index contributed by atoms with van der Waals surface area (Å²) in [5, 5.41) is 4.52. The highest BCUT2D eigenvalue weighted by molar-refractivity contribution is 5.90. The Hall–Kier alpha value is -3.01. The molecule has 1 aromatic carbocycles. The summed E-state index contributed by atoms with van der Waals surface area (Å²) in [6.07, 6.45) is 1.37. The summed E-state index contributed by atoms with van der Waals surface area (Å²) >= 11 is 0. The third-order valence-corrected chi connectivity index (χ3v) is 7.33. The first-order valence-corrected chi connectivity index (χ1v) is 14.2. The quantitative estimate of drug-likeness (QED) is 0.404. The number of hydrogen-bond acceptors (Lipinski definition) is 9. The van der Waals surface area contributed by atoms with E-state index in [1.54, 1.807) is 7.11 Å². The topological polar surface area (TPSA) is 84.9 Å². The molecule has 39 heavy (non-hydrogen) atoms. The Labute approximate surface area is 231 Å². The maximum Gasteiger partial charge on any atom is 0.229 e. The first-order valence-electron chi connectivity index (χ1n) is 14.2. The van der Waals surface area contributed by atoms with Crippen LogP contribution in [0.15, 0.2) is 30.3 Å². The molecule has 0 saturated carbocycles. The number of benzene rings is 1. The van der Waals surface area contributed by atoms with Crippen molar-refractivity contribution in [2.45, 2.75) is 52.9 Å². The van der Waals surface area contributed by atoms with Crippen LogP contribution in [-0.2, 0) is 16.0 Å². The van der Waals surface area contributed by atoms with E-state index in [1.807, 2.05) is 6.07 Å². The second kappa shape index (κ2) is 12.4. The van der Waals surface area contributed by atoms with Crippen molar-refractivity contribution in [3.05, 3.63) is 35.9 Å². The van der Waals surface area contributed by atoms with Gasteiger partial charge >= 0.3 is 0 Å². The predicted octanol–water partition coefficient (Wildman–Crippen LogP) is 4.29. The van der Waals surface area contributed by atoms with Crippen molar-refractivity contribution >= 4 is 22.8 Å². The molecule has 2 saturated heterocycles. The van der Waals surface area contributed by atoms with Gasteiger partial charge in [-0.05, 0) is 63.1 Å². The predicted molar refractivity (Wildman–Crippen MR) is 156 cm³/mol. The highest BCUT2D eigenvalue weighted by atomic mass is 16.5. The second-order valence-corrected chi connectivity index (χ2v) is 11.1. The Balaban J connectivity index is 1.51. The maximum absolute atomic E-state index is 5.97. The van der Waals surface area contributed by atoms with E-state index in [-0.39, 0.29) is 12.2 Å². The first kappa shape index (κ1) is 27.6. The molecular weight excluding hydrogens is 492 g/mol. The van der Waals surface area contributed by atoms with Crippen LogP contribution >= 0.6 is 0 Å². The fourth-order valence-electron chi connectivity index (χ4n) is 5.33. The van der Waals surface area contributed by atoms with E-state index in [9.17, 15) is 0 Å². The molecule has 2 atom stereocenters. The standard InChI is InChI=1S/C30H42N6O3/c1-20(2)10-11-31-17-24-16-23(6-9-27(24)37-5)26-8-7-25-28(32-26)33-30(36-18-21(3)39-22(4)19-36)34-29(25)35-12-14-38-15-13-35/h6-9,16,20-22,31H,10-15,17-19H2,1-5H3/t21-,22+. The maximum atomic E-state index is 5.97. The number of pyridine rings is 1. The molecule has 9 heteroatoms. The van der Waals surface area contributed by atoms with Crippen LogP contribution in [0.3, 0.4) is 0 Å². The van der Waals surface area contributed by atoms with Crippen LogP contribution in [0.5, 0.6) is 5.75 Å². The number of aromatic nitrogens is 3. The van der Waals surface area contributed by atoms with Crippen LogP contribution in [0.4, 0.5) is 11.8 Å². The van der Waals surface area contributed by atoms with Gasteiger partial charge in [-0.25, -0.2) is 4.98 Å². The Morgan fingerprint density at radius 2 is 1.77 bits per heavy atom. The molecule has 0 amide bonds. The average Bonchev–Trinajstić information content (AvgIpc) is 2.94. The summed E-state index contributed by atoms with van der Waals surface area (Å²) in [6.45, 7) is 14.9. The summed E-state index contributed by atoms with van der Waals surface area (Å²) < 4.78 is 17.2. The van der Waals surface area contributed by atoms with Gasteiger partial charge in [0, 0.05) is 43.9 Å². The number of hydrogen-bond donors (Lipinski definition) is 1. The van der Waals surface area contributed by atoms with Crippen molar-refractivity contribution in [1.82, 2.24) is 20.3 Å². The van der Waals surface area contributed by atoms with Gasteiger partial charge in [0.25, 0.3) is 0 Å². The van der Waals surface area contributed by atoms with E-state index in [2.05, 4.69) is 67.1 Å². The number of anilines is 2. The minimum Gasteiger partial charge on any atom is -0.496 e. The van der Waals surface area contributed by atoms with Crippen LogP contribution in [0.1, 0.15) is 39.7 Å². The van der Waals surface area contributed by atoms with Crippen molar-refractivity contribution in [1.29, 1.82) is 0 Å². The lowest BCUT2D eigenvalue weighted by Gasteiger charge is -2.36. The van der Waals surface area contributed by atoms with Crippen molar-refractivity contribution in [3.63, 3.8) is 0 Å². The van der Waals surface area contributed by atoms with Gasteiger partial charge in [-0.2, -0.15) is 9.97 Å². The van der Waals surface area contributed by atoms with Gasteiger partial charge in [-0.3, -0.25) is 0 Å². The van der Waals surface area contributed by atoms with Gasteiger partial charge in [0.05, 0.1) is 43.6 Å². The fourth-order valence-corrected chi connectivity index (χ4v) is 5.33. The molecule has 1 N–H and O–H groups in total. The van der Waals surface area contributed by atoms with Crippen LogP contribution in [0.2, 0.25) is 0 Å². The largest absolute Gasteiger partial charge is 0.496 e. The lowest BCUT2D eigenvalue weighted by atomic mass is 10.1. The lowest BCUT2D eigenvalue weighted by molar-refractivity contribution is -0.00570. The molecule has 210 valence electrons. The Morgan fingerprint density at radius 1 is 1.00 bits per heavy atom. The summed E-state index contributed by atoms with van der Waals surface area (Å²) in [5.74, 6) is 3.19. The van der Waals surface area contributed by atoms with Gasteiger partial charge in [0.2, 0.25) is 5.95 Å². The molecule has 0 unspecified atom stereocenters. The Bertz CT molecular complexity index is 1250. The molecular formula is C30H42N6O3. The van der Waals surface area contributed by atoms with Crippen LogP contribution in [-0.4, -0.2) is 80.2 Å². The van der Waals surface area contributed by atoms with E-state index in [0.29, 0.717) is 30.7 Å². The molecule has 4 heterocycles. The molecule has 0 spiro atoms. The molecule has 9 nitrogen and oxygen atoms in total. The SMILES string of the molecule is COc1ccc(-c2ccc3c(N4CCOCC4)nc(N4C[C@@H](C)O[C@@H](C)C4)nc3n2)cc1CNCCC(C)C. The van der Waals surface area contributed by atoms with Crippen LogP contribution < -0.4 is 19.9 Å². The summed E-state index contributed by atoms with van der Waals surface area (Å²) in [6, 6.07) is 10.5. The number of nitrogens with one attached hydrogen (secondary N) is 1. The second-order valence-electron chi connectivity index (χ2n) is 11.1. The van der Waals surface area contributed by atoms with Gasteiger partial charge in [0.1, 0.15) is 11.6 Å². The number of rotatable bonds is 9.